The van der Waals surface area contributed by atoms with E-state index in [2.05, 4.69) is 36.4 Å². The minimum absolute atomic E-state index is 0.0407. The number of para-hydroxylation sites is 1. The molecule has 0 spiro atoms. The summed E-state index contributed by atoms with van der Waals surface area (Å²) in [6.07, 6.45) is 0. The minimum Gasteiger partial charge on any atom is -0.337 e. The maximum absolute atomic E-state index is 5.83. The first-order valence-electron chi connectivity index (χ1n) is 4.24. The van der Waals surface area contributed by atoms with E-state index in [0.717, 1.165) is 10.2 Å². The van der Waals surface area contributed by atoms with Crippen molar-refractivity contribution < 1.29 is 0 Å². The summed E-state index contributed by atoms with van der Waals surface area (Å²) in [5.74, 6) is 0.369. The second kappa shape index (κ2) is 4.95. The molecule has 1 aromatic heterocycles. The fourth-order valence-electron chi connectivity index (χ4n) is 1.06. The van der Waals surface area contributed by atoms with Crippen molar-refractivity contribution in [2.24, 2.45) is 0 Å². The average molecular weight is 320 g/mol. The topological polar surface area (TPSA) is 50.7 Å². The van der Waals surface area contributed by atoms with Gasteiger partial charge in [0.05, 0.1) is 5.69 Å². The van der Waals surface area contributed by atoms with Crippen molar-refractivity contribution in [2.75, 3.05) is 5.32 Å². The molecule has 0 unspecified atom stereocenters. The number of hydrogen-bond donors (Lipinski definition) is 1. The van der Waals surface area contributed by atoms with E-state index in [4.69, 9.17) is 23.2 Å². The van der Waals surface area contributed by atoms with E-state index >= 15 is 0 Å². The van der Waals surface area contributed by atoms with Crippen molar-refractivity contribution in [3.63, 3.8) is 0 Å². The van der Waals surface area contributed by atoms with Crippen LogP contribution in [0, 0.1) is 0 Å². The van der Waals surface area contributed by atoms with Gasteiger partial charge in [-0.2, -0.15) is 4.98 Å². The van der Waals surface area contributed by atoms with E-state index in [0.29, 0.717) is 5.82 Å². The van der Waals surface area contributed by atoms with Crippen LogP contribution in [0.1, 0.15) is 0 Å². The average Bonchev–Trinajstić information content (AvgIpc) is 2.27. The van der Waals surface area contributed by atoms with Crippen LogP contribution < -0.4 is 5.32 Å². The van der Waals surface area contributed by atoms with Gasteiger partial charge >= 0.3 is 0 Å². The van der Waals surface area contributed by atoms with E-state index < -0.39 is 0 Å². The third-order valence-electron chi connectivity index (χ3n) is 1.75. The third-order valence-corrected chi connectivity index (χ3v) is 2.85. The Kier molecular flexibility index (Phi) is 3.58. The summed E-state index contributed by atoms with van der Waals surface area (Å²) in [5.41, 5.74) is 0.820. The zero-order valence-electron chi connectivity index (χ0n) is 7.78. The number of halogens is 3. The Morgan fingerprint density at radius 2 is 1.88 bits per heavy atom. The number of hydrogen-bond acceptors (Lipinski definition) is 4. The van der Waals surface area contributed by atoms with Gasteiger partial charge in [0.15, 0.2) is 11.0 Å². The second-order valence-electron chi connectivity index (χ2n) is 2.83. The predicted molar refractivity (Wildman–Crippen MR) is 67.3 cm³/mol. The molecule has 7 heteroatoms. The van der Waals surface area contributed by atoms with Crippen LogP contribution in [0.2, 0.25) is 10.4 Å². The summed E-state index contributed by atoms with van der Waals surface area (Å²) >= 11 is 14.8. The fraction of sp³-hybridized carbons (Fsp3) is 0. The SMILES string of the molecule is Clc1nnc(Cl)c(Nc2ccccc2Br)n1. The van der Waals surface area contributed by atoms with Crippen LogP contribution in [0.3, 0.4) is 0 Å². The Labute approximate surface area is 110 Å². The van der Waals surface area contributed by atoms with Crippen molar-refractivity contribution in [1.82, 2.24) is 15.2 Å². The first-order chi connectivity index (χ1) is 7.66. The highest BCUT2D eigenvalue weighted by Gasteiger charge is 2.07. The highest BCUT2D eigenvalue weighted by molar-refractivity contribution is 9.10. The van der Waals surface area contributed by atoms with Gasteiger partial charge in [-0.05, 0) is 39.7 Å². The van der Waals surface area contributed by atoms with Gasteiger partial charge in [0.2, 0.25) is 5.28 Å². The molecule has 0 aliphatic rings. The van der Waals surface area contributed by atoms with Gasteiger partial charge in [-0.1, -0.05) is 23.7 Å². The maximum Gasteiger partial charge on any atom is 0.245 e. The van der Waals surface area contributed by atoms with Crippen LogP contribution >= 0.6 is 39.1 Å². The molecule has 0 amide bonds. The molecule has 16 heavy (non-hydrogen) atoms. The normalized spacial score (nSPS) is 10.2. The highest BCUT2D eigenvalue weighted by Crippen LogP contribution is 2.27. The molecule has 2 aromatic rings. The molecule has 0 radical (unpaired) electrons. The van der Waals surface area contributed by atoms with Gasteiger partial charge in [0, 0.05) is 4.47 Å². The van der Waals surface area contributed by atoms with Crippen molar-refractivity contribution in [3.8, 4) is 0 Å². The molecule has 1 aromatic carbocycles. The Bertz CT molecular complexity index is 521. The van der Waals surface area contributed by atoms with E-state index in [1.54, 1.807) is 0 Å². The number of nitrogens with zero attached hydrogens (tertiary/aromatic N) is 3. The molecule has 0 saturated carbocycles. The monoisotopic (exact) mass is 318 g/mol. The Morgan fingerprint density at radius 3 is 2.62 bits per heavy atom. The number of nitrogens with one attached hydrogen (secondary N) is 1. The molecule has 0 atom stereocenters. The van der Waals surface area contributed by atoms with Gasteiger partial charge in [0.25, 0.3) is 0 Å². The maximum atomic E-state index is 5.83. The molecular formula is C9H5BrCl2N4. The van der Waals surface area contributed by atoms with Gasteiger partial charge in [-0.15, -0.1) is 10.2 Å². The van der Waals surface area contributed by atoms with Gasteiger partial charge in [-0.25, -0.2) is 0 Å². The molecule has 4 nitrogen and oxygen atoms in total. The minimum atomic E-state index is 0.0407. The van der Waals surface area contributed by atoms with Crippen LogP contribution in [0.25, 0.3) is 0 Å². The van der Waals surface area contributed by atoms with E-state index in [9.17, 15) is 0 Å². The van der Waals surface area contributed by atoms with Crippen molar-refractivity contribution in [2.45, 2.75) is 0 Å². The number of benzene rings is 1. The van der Waals surface area contributed by atoms with Crippen LogP contribution in [0.15, 0.2) is 28.7 Å². The predicted octanol–water partition coefficient (Wildman–Crippen LogP) is 3.68. The molecule has 0 bridgehead atoms. The van der Waals surface area contributed by atoms with E-state index in [1.807, 2.05) is 24.3 Å². The standard InChI is InChI=1S/C9H5BrCl2N4/c10-5-3-1-2-4-6(5)13-8-7(11)15-16-9(12)14-8/h1-4H,(H,13,14,16). The Balaban J connectivity index is 2.34. The Hall–Kier alpha value is -0.910. The lowest BCUT2D eigenvalue weighted by Gasteiger charge is -2.07. The smallest absolute Gasteiger partial charge is 0.245 e. The second-order valence-corrected chi connectivity index (χ2v) is 4.38. The molecule has 0 aliphatic carbocycles. The highest BCUT2D eigenvalue weighted by atomic mass is 79.9. The summed E-state index contributed by atoms with van der Waals surface area (Å²) in [5, 5.41) is 10.4. The summed E-state index contributed by atoms with van der Waals surface area (Å²) in [4.78, 5) is 3.94. The number of rotatable bonds is 2. The van der Waals surface area contributed by atoms with Gasteiger partial charge < -0.3 is 5.32 Å². The number of aromatic nitrogens is 3. The lowest BCUT2D eigenvalue weighted by Crippen LogP contribution is -1.99. The first-order valence-corrected chi connectivity index (χ1v) is 5.79. The lowest BCUT2D eigenvalue weighted by molar-refractivity contribution is 0.974. The zero-order valence-corrected chi connectivity index (χ0v) is 10.9. The molecule has 82 valence electrons. The van der Waals surface area contributed by atoms with Crippen molar-refractivity contribution >= 4 is 50.6 Å². The summed E-state index contributed by atoms with van der Waals surface area (Å²) in [6, 6.07) is 7.56. The molecule has 1 heterocycles. The third kappa shape index (κ3) is 2.61. The van der Waals surface area contributed by atoms with E-state index in [-0.39, 0.29) is 10.4 Å². The molecule has 0 fully saturated rings. The largest absolute Gasteiger partial charge is 0.337 e. The van der Waals surface area contributed by atoms with Gasteiger partial charge in [0.1, 0.15) is 0 Å². The quantitative estimate of drug-likeness (QED) is 0.917. The van der Waals surface area contributed by atoms with Crippen LogP contribution in [-0.4, -0.2) is 15.2 Å². The number of anilines is 2. The Morgan fingerprint density at radius 1 is 1.12 bits per heavy atom. The molecule has 0 aliphatic heterocycles. The zero-order chi connectivity index (χ0) is 11.5. The molecule has 0 saturated heterocycles. The van der Waals surface area contributed by atoms with E-state index in [1.165, 1.54) is 0 Å². The van der Waals surface area contributed by atoms with Crippen molar-refractivity contribution in [3.05, 3.63) is 39.2 Å². The van der Waals surface area contributed by atoms with Crippen LogP contribution in [-0.2, 0) is 0 Å². The first kappa shape index (κ1) is 11.6. The summed E-state index contributed by atoms with van der Waals surface area (Å²) < 4.78 is 0.890. The summed E-state index contributed by atoms with van der Waals surface area (Å²) in [6.45, 7) is 0. The molecule has 1 N–H and O–H groups in total. The summed E-state index contributed by atoms with van der Waals surface area (Å²) in [7, 11) is 0. The van der Waals surface area contributed by atoms with Gasteiger partial charge in [-0.3, -0.25) is 0 Å². The lowest BCUT2D eigenvalue weighted by atomic mass is 10.3. The van der Waals surface area contributed by atoms with Crippen molar-refractivity contribution in [1.29, 1.82) is 0 Å². The van der Waals surface area contributed by atoms with Crippen LogP contribution in [0.4, 0.5) is 11.5 Å². The fourth-order valence-corrected chi connectivity index (χ4v) is 1.70. The van der Waals surface area contributed by atoms with Crippen LogP contribution in [0.5, 0.6) is 0 Å². The molecule has 2 rings (SSSR count). The molecular weight excluding hydrogens is 315 g/mol.